The van der Waals surface area contributed by atoms with Gasteiger partial charge >= 0.3 is 0 Å². The van der Waals surface area contributed by atoms with Crippen LogP contribution in [0.2, 0.25) is 5.15 Å². The average molecular weight is 306 g/mol. The first kappa shape index (κ1) is 11.4. The Balaban J connectivity index is 2.68. The second-order valence-corrected chi connectivity index (χ2v) is 4.19. The molecular formula is C10H4BrClF2N2. The molecular weight excluding hydrogens is 301 g/mol. The van der Waals surface area contributed by atoms with E-state index in [-0.39, 0.29) is 20.9 Å². The standard InChI is InChI=1S/C10H4BrClF2N2/c11-5-1-2-6(13)9(10(5)14)7-3-8(12)16-4-15-7/h1-4H. The minimum Gasteiger partial charge on any atom is -0.236 e. The Bertz CT molecular complexity index is 548. The van der Waals surface area contributed by atoms with Crippen LogP contribution in [0.3, 0.4) is 0 Å². The Kier molecular flexibility index (Phi) is 3.16. The molecule has 1 heterocycles. The summed E-state index contributed by atoms with van der Waals surface area (Å²) < 4.78 is 27.3. The molecule has 0 saturated heterocycles. The van der Waals surface area contributed by atoms with Gasteiger partial charge in [-0.1, -0.05) is 11.6 Å². The summed E-state index contributed by atoms with van der Waals surface area (Å²) in [6.45, 7) is 0. The molecule has 0 N–H and O–H groups in total. The lowest BCUT2D eigenvalue weighted by atomic mass is 10.1. The van der Waals surface area contributed by atoms with Crippen molar-refractivity contribution >= 4 is 27.5 Å². The molecule has 2 nitrogen and oxygen atoms in total. The smallest absolute Gasteiger partial charge is 0.149 e. The minimum absolute atomic E-state index is 0.108. The van der Waals surface area contributed by atoms with E-state index in [0.29, 0.717) is 0 Å². The lowest BCUT2D eigenvalue weighted by molar-refractivity contribution is 0.584. The van der Waals surface area contributed by atoms with Gasteiger partial charge in [-0.25, -0.2) is 18.7 Å². The van der Waals surface area contributed by atoms with Crippen molar-refractivity contribution in [3.8, 4) is 11.3 Å². The van der Waals surface area contributed by atoms with Gasteiger partial charge in [0.1, 0.15) is 23.1 Å². The first-order valence-corrected chi connectivity index (χ1v) is 5.38. The minimum atomic E-state index is -0.713. The third-order valence-electron chi connectivity index (χ3n) is 1.93. The summed E-state index contributed by atoms with van der Waals surface area (Å²) in [7, 11) is 0. The maximum absolute atomic E-state index is 13.7. The van der Waals surface area contributed by atoms with E-state index in [1.54, 1.807) is 0 Å². The van der Waals surface area contributed by atoms with E-state index in [0.717, 1.165) is 12.4 Å². The van der Waals surface area contributed by atoms with Crippen LogP contribution in [-0.4, -0.2) is 9.97 Å². The number of halogens is 4. The molecule has 2 aromatic rings. The molecule has 0 spiro atoms. The van der Waals surface area contributed by atoms with Crippen LogP contribution in [0.1, 0.15) is 0 Å². The lowest BCUT2D eigenvalue weighted by Crippen LogP contribution is -1.94. The van der Waals surface area contributed by atoms with Gasteiger partial charge in [-0.3, -0.25) is 0 Å². The van der Waals surface area contributed by atoms with Crippen molar-refractivity contribution in [1.29, 1.82) is 0 Å². The van der Waals surface area contributed by atoms with E-state index in [1.165, 1.54) is 12.1 Å². The Hall–Kier alpha value is -1.07. The van der Waals surface area contributed by atoms with Gasteiger partial charge in [0.25, 0.3) is 0 Å². The number of benzene rings is 1. The fourth-order valence-electron chi connectivity index (χ4n) is 1.23. The molecule has 0 aliphatic heterocycles. The largest absolute Gasteiger partial charge is 0.236 e. The van der Waals surface area contributed by atoms with E-state index in [4.69, 9.17) is 11.6 Å². The molecule has 1 aromatic heterocycles. The molecule has 0 bridgehead atoms. The highest BCUT2D eigenvalue weighted by Crippen LogP contribution is 2.29. The van der Waals surface area contributed by atoms with Gasteiger partial charge in [-0.15, -0.1) is 0 Å². The zero-order chi connectivity index (χ0) is 11.7. The Morgan fingerprint density at radius 2 is 1.94 bits per heavy atom. The summed E-state index contributed by atoms with van der Waals surface area (Å²) in [5.41, 5.74) is -0.116. The number of hydrogen-bond acceptors (Lipinski definition) is 2. The zero-order valence-electron chi connectivity index (χ0n) is 7.72. The average Bonchev–Trinajstić information content (AvgIpc) is 2.24. The van der Waals surface area contributed by atoms with Crippen molar-refractivity contribution in [2.45, 2.75) is 0 Å². The quantitative estimate of drug-likeness (QED) is 0.591. The van der Waals surface area contributed by atoms with Gasteiger partial charge in [0.15, 0.2) is 0 Å². The Morgan fingerprint density at radius 3 is 2.62 bits per heavy atom. The third kappa shape index (κ3) is 2.05. The van der Waals surface area contributed by atoms with Gasteiger partial charge in [0.2, 0.25) is 0 Å². The first-order chi connectivity index (χ1) is 7.59. The van der Waals surface area contributed by atoms with Crippen LogP contribution in [0.15, 0.2) is 29.0 Å². The molecule has 0 atom stereocenters. The predicted octanol–water partition coefficient (Wildman–Crippen LogP) is 3.84. The van der Waals surface area contributed by atoms with Crippen molar-refractivity contribution in [2.24, 2.45) is 0 Å². The van der Waals surface area contributed by atoms with Crippen LogP contribution >= 0.6 is 27.5 Å². The first-order valence-electron chi connectivity index (χ1n) is 4.21. The molecule has 0 radical (unpaired) electrons. The number of hydrogen-bond donors (Lipinski definition) is 0. The van der Waals surface area contributed by atoms with Crippen molar-refractivity contribution in [3.63, 3.8) is 0 Å². The highest BCUT2D eigenvalue weighted by molar-refractivity contribution is 9.10. The number of nitrogens with zero attached hydrogens (tertiary/aromatic N) is 2. The maximum atomic E-state index is 13.7. The molecule has 0 saturated carbocycles. The van der Waals surface area contributed by atoms with Crippen LogP contribution < -0.4 is 0 Å². The highest BCUT2D eigenvalue weighted by Gasteiger charge is 2.15. The maximum Gasteiger partial charge on any atom is 0.149 e. The summed E-state index contributed by atoms with van der Waals surface area (Å²) in [6.07, 6.45) is 1.15. The van der Waals surface area contributed by atoms with Crippen molar-refractivity contribution < 1.29 is 8.78 Å². The Morgan fingerprint density at radius 1 is 1.19 bits per heavy atom. The fraction of sp³-hybridized carbons (Fsp3) is 0. The van der Waals surface area contributed by atoms with Crippen LogP contribution in [0.5, 0.6) is 0 Å². The fourth-order valence-corrected chi connectivity index (χ4v) is 1.71. The van der Waals surface area contributed by atoms with E-state index in [1.807, 2.05) is 0 Å². The molecule has 0 unspecified atom stereocenters. The lowest BCUT2D eigenvalue weighted by Gasteiger charge is -2.05. The molecule has 2 rings (SSSR count). The normalized spacial score (nSPS) is 10.5. The third-order valence-corrected chi connectivity index (χ3v) is 2.75. The van der Waals surface area contributed by atoms with Gasteiger partial charge in [-0.2, -0.15) is 0 Å². The van der Waals surface area contributed by atoms with Crippen molar-refractivity contribution in [1.82, 2.24) is 9.97 Å². The SMILES string of the molecule is Fc1ccc(Br)c(F)c1-c1cc(Cl)ncn1. The van der Waals surface area contributed by atoms with Gasteiger partial charge in [0, 0.05) is 6.07 Å². The summed E-state index contributed by atoms with van der Waals surface area (Å²) in [6, 6.07) is 3.74. The predicted molar refractivity (Wildman–Crippen MR) is 60.1 cm³/mol. The molecule has 1 aromatic carbocycles. The van der Waals surface area contributed by atoms with Gasteiger partial charge in [0.05, 0.1) is 15.7 Å². The topological polar surface area (TPSA) is 25.8 Å². The molecule has 0 aliphatic carbocycles. The monoisotopic (exact) mass is 304 g/mol. The van der Waals surface area contributed by atoms with Crippen LogP contribution in [0, 0.1) is 11.6 Å². The van der Waals surface area contributed by atoms with E-state index >= 15 is 0 Å². The summed E-state index contributed by atoms with van der Waals surface area (Å²) in [4.78, 5) is 7.42. The molecule has 0 amide bonds. The van der Waals surface area contributed by atoms with E-state index in [9.17, 15) is 8.78 Å². The highest BCUT2D eigenvalue weighted by atomic mass is 79.9. The molecule has 0 aliphatic rings. The summed E-state index contributed by atoms with van der Waals surface area (Å²) in [5.74, 6) is -1.41. The summed E-state index contributed by atoms with van der Waals surface area (Å²) >= 11 is 8.61. The second kappa shape index (κ2) is 4.43. The zero-order valence-corrected chi connectivity index (χ0v) is 10.1. The van der Waals surface area contributed by atoms with Crippen molar-refractivity contribution in [2.75, 3.05) is 0 Å². The second-order valence-electron chi connectivity index (χ2n) is 2.94. The van der Waals surface area contributed by atoms with Gasteiger partial charge < -0.3 is 0 Å². The molecule has 16 heavy (non-hydrogen) atoms. The molecule has 6 heteroatoms. The number of aromatic nitrogens is 2. The summed E-state index contributed by atoms with van der Waals surface area (Å²) in [5, 5.41) is 0.128. The van der Waals surface area contributed by atoms with Crippen LogP contribution in [0.25, 0.3) is 11.3 Å². The van der Waals surface area contributed by atoms with E-state index in [2.05, 4.69) is 25.9 Å². The van der Waals surface area contributed by atoms with Crippen molar-refractivity contribution in [3.05, 3.63) is 45.8 Å². The number of rotatable bonds is 1. The Labute approximate surface area is 103 Å². The van der Waals surface area contributed by atoms with Crippen LogP contribution in [-0.2, 0) is 0 Å². The van der Waals surface area contributed by atoms with Crippen LogP contribution in [0.4, 0.5) is 8.78 Å². The molecule has 0 fully saturated rings. The van der Waals surface area contributed by atoms with Gasteiger partial charge in [-0.05, 0) is 28.1 Å². The molecule has 82 valence electrons. The van der Waals surface area contributed by atoms with E-state index < -0.39 is 11.6 Å².